The number of aromatic nitrogens is 3. The third-order valence-electron chi connectivity index (χ3n) is 3.18. The van der Waals surface area contributed by atoms with Crippen LogP contribution < -0.4 is 5.01 Å². The Hall–Kier alpha value is -1.69. The van der Waals surface area contributed by atoms with Gasteiger partial charge in [0.15, 0.2) is 0 Å². The van der Waals surface area contributed by atoms with E-state index >= 15 is 0 Å². The summed E-state index contributed by atoms with van der Waals surface area (Å²) in [6, 6.07) is 0. The van der Waals surface area contributed by atoms with Crippen LogP contribution in [0.2, 0.25) is 0 Å². The van der Waals surface area contributed by atoms with Gasteiger partial charge in [-0.3, -0.25) is 9.59 Å². The lowest BCUT2D eigenvalue weighted by molar-refractivity contribution is -0.124. The van der Waals surface area contributed by atoms with E-state index in [-0.39, 0.29) is 23.7 Å². The van der Waals surface area contributed by atoms with Gasteiger partial charge < -0.3 is 0 Å². The summed E-state index contributed by atoms with van der Waals surface area (Å²) in [5.41, 5.74) is 0. The highest BCUT2D eigenvalue weighted by Crippen LogP contribution is 2.38. The van der Waals surface area contributed by atoms with Crippen LogP contribution in [0.4, 0.5) is 0 Å². The van der Waals surface area contributed by atoms with Gasteiger partial charge in [0.25, 0.3) is 11.8 Å². The summed E-state index contributed by atoms with van der Waals surface area (Å²) in [5.74, 6) is -1.08. The summed E-state index contributed by atoms with van der Waals surface area (Å²) in [4.78, 5) is 24.2. The third kappa shape index (κ3) is 1.48. The molecule has 1 aliphatic carbocycles. The minimum Gasteiger partial charge on any atom is -0.272 e. The Morgan fingerprint density at radius 1 is 1.18 bits per heavy atom. The number of carbonyl (C=O) groups is 2. The largest absolute Gasteiger partial charge is 0.272 e. The molecule has 0 saturated carbocycles. The number of carbonyl (C=O) groups excluding carboxylic acids is 2. The van der Waals surface area contributed by atoms with E-state index in [2.05, 4.69) is 10.2 Å². The van der Waals surface area contributed by atoms with Crippen LogP contribution in [0, 0.1) is 11.8 Å². The Balaban J connectivity index is 1.96. The normalized spacial score (nSPS) is 28.3. The molecule has 0 N–H and O–H groups in total. The van der Waals surface area contributed by atoms with E-state index in [4.69, 9.17) is 11.6 Å². The predicted octanol–water partition coefficient (Wildman–Crippen LogP) is 0.432. The molecule has 2 heterocycles. The lowest BCUT2D eigenvalue weighted by Gasteiger charge is -2.17. The maximum atomic E-state index is 12.1. The van der Waals surface area contributed by atoms with E-state index in [9.17, 15) is 9.59 Å². The van der Waals surface area contributed by atoms with Crippen LogP contribution in [-0.2, 0) is 9.59 Å². The van der Waals surface area contributed by atoms with Crippen molar-refractivity contribution in [2.24, 2.45) is 11.8 Å². The molecule has 2 atom stereocenters. The highest BCUT2D eigenvalue weighted by Gasteiger charge is 2.49. The second-order valence-electron chi connectivity index (χ2n) is 4.13. The summed E-state index contributed by atoms with van der Waals surface area (Å²) in [7, 11) is 0. The van der Waals surface area contributed by atoms with Crippen molar-refractivity contribution in [3.05, 3.63) is 23.8 Å². The zero-order valence-electron chi connectivity index (χ0n) is 8.78. The van der Waals surface area contributed by atoms with E-state index in [0.717, 1.165) is 5.01 Å². The molecule has 0 radical (unpaired) electrons. The minimum atomic E-state index is -0.345. The lowest BCUT2D eigenvalue weighted by atomic mass is 9.85. The second-order valence-corrected chi connectivity index (χ2v) is 4.62. The highest BCUT2D eigenvalue weighted by molar-refractivity contribution is 6.30. The van der Waals surface area contributed by atoms with Gasteiger partial charge in [0.1, 0.15) is 12.7 Å². The molecule has 0 unspecified atom stereocenters. The Morgan fingerprint density at radius 2 is 1.82 bits per heavy atom. The number of amides is 2. The molecule has 1 aromatic heterocycles. The standard InChI is InChI=1S/C10H9ClN4O2/c11-6-1-2-7-8(3-6)10(17)15(9(7)16)14-4-12-13-5-14/h1,4-5,7-8H,2-3H2/t7-,8+/m0/s1. The van der Waals surface area contributed by atoms with Crippen molar-refractivity contribution in [3.8, 4) is 0 Å². The average molecular weight is 253 g/mol. The van der Waals surface area contributed by atoms with Gasteiger partial charge in [0.2, 0.25) is 0 Å². The summed E-state index contributed by atoms with van der Waals surface area (Å²) in [6.07, 6.45) is 5.44. The first-order valence-electron chi connectivity index (χ1n) is 5.25. The zero-order valence-corrected chi connectivity index (χ0v) is 9.54. The fraction of sp³-hybridized carbons (Fsp3) is 0.400. The van der Waals surface area contributed by atoms with Gasteiger partial charge in [-0.2, -0.15) is 5.01 Å². The fourth-order valence-electron chi connectivity index (χ4n) is 2.34. The number of hydrogen-bond donors (Lipinski definition) is 0. The van der Waals surface area contributed by atoms with Crippen LogP contribution in [0.25, 0.3) is 0 Å². The smallest absolute Gasteiger partial charge is 0.253 e. The Labute approximate surface area is 102 Å². The van der Waals surface area contributed by atoms with Crippen LogP contribution in [0.5, 0.6) is 0 Å². The van der Waals surface area contributed by atoms with Crippen LogP contribution in [0.15, 0.2) is 23.8 Å². The molecule has 0 spiro atoms. The predicted molar refractivity (Wildman–Crippen MR) is 58.4 cm³/mol. The van der Waals surface area contributed by atoms with E-state index in [1.807, 2.05) is 6.08 Å². The number of fused-ring (bicyclic) bond motifs is 1. The van der Waals surface area contributed by atoms with Crippen molar-refractivity contribution in [2.75, 3.05) is 5.01 Å². The average Bonchev–Trinajstić information content (AvgIpc) is 2.88. The number of allylic oxidation sites excluding steroid dienone is 2. The van der Waals surface area contributed by atoms with Crippen LogP contribution in [0.1, 0.15) is 12.8 Å². The monoisotopic (exact) mass is 252 g/mol. The highest BCUT2D eigenvalue weighted by atomic mass is 35.5. The summed E-state index contributed by atoms with van der Waals surface area (Å²) >= 11 is 5.92. The van der Waals surface area contributed by atoms with E-state index in [1.165, 1.54) is 17.3 Å². The SMILES string of the molecule is O=C1[C@H]2CC=C(Cl)C[C@H]2C(=O)N1n1cnnc1. The van der Waals surface area contributed by atoms with E-state index in [0.29, 0.717) is 17.9 Å². The van der Waals surface area contributed by atoms with Crippen LogP contribution in [0.3, 0.4) is 0 Å². The van der Waals surface area contributed by atoms with Gasteiger partial charge in [-0.1, -0.05) is 17.7 Å². The van der Waals surface area contributed by atoms with Gasteiger partial charge in [-0.05, 0) is 12.8 Å². The molecule has 0 aromatic carbocycles. The molecule has 2 amide bonds. The molecule has 2 aliphatic rings. The topological polar surface area (TPSA) is 68.1 Å². The van der Waals surface area contributed by atoms with Gasteiger partial charge in [0, 0.05) is 5.03 Å². The first kappa shape index (κ1) is 10.5. The van der Waals surface area contributed by atoms with Gasteiger partial charge in [-0.15, -0.1) is 10.2 Å². The van der Waals surface area contributed by atoms with Crippen molar-refractivity contribution in [1.82, 2.24) is 14.9 Å². The number of hydrogen-bond acceptors (Lipinski definition) is 4. The van der Waals surface area contributed by atoms with Crippen molar-refractivity contribution in [3.63, 3.8) is 0 Å². The molecule has 6 nitrogen and oxygen atoms in total. The molecule has 1 fully saturated rings. The minimum absolute atomic E-state index is 0.208. The molecule has 17 heavy (non-hydrogen) atoms. The maximum Gasteiger partial charge on any atom is 0.253 e. The molecule has 7 heteroatoms. The van der Waals surface area contributed by atoms with Crippen LogP contribution in [-0.4, -0.2) is 26.7 Å². The number of halogens is 1. The Morgan fingerprint density at radius 3 is 2.53 bits per heavy atom. The van der Waals surface area contributed by atoms with E-state index in [1.54, 1.807) is 0 Å². The molecule has 1 saturated heterocycles. The maximum absolute atomic E-state index is 12.1. The number of rotatable bonds is 1. The molecule has 0 bridgehead atoms. The van der Waals surface area contributed by atoms with Crippen LogP contribution >= 0.6 is 11.6 Å². The fourth-order valence-corrected chi connectivity index (χ4v) is 2.59. The van der Waals surface area contributed by atoms with Crippen molar-refractivity contribution < 1.29 is 9.59 Å². The number of nitrogens with zero attached hydrogens (tertiary/aromatic N) is 4. The molecule has 3 rings (SSSR count). The molecular weight excluding hydrogens is 244 g/mol. The Bertz CT molecular complexity index is 510. The van der Waals surface area contributed by atoms with Crippen molar-refractivity contribution >= 4 is 23.4 Å². The Kier molecular flexibility index (Phi) is 2.25. The quantitative estimate of drug-likeness (QED) is 0.680. The number of imide groups is 1. The summed E-state index contributed by atoms with van der Waals surface area (Å²) < 4.78 is 1.32. The summed E-state index contributed by atoms with van der Waals surface area (Å²) in [5, 5.41) is 8.94. The van der Waals surface area contributed by atoms with Gasteiger partial charge in [-0.25, -0.2) is 4.68 Å². The van der Waals surface area contributed by atoms with Gasteiger partial charge >= 0.3 is 0 Å². The molecular formula is C10H9ClN4O2. The summed E-state index contributed by atoms with van der Waals surface area (Å²) in [6.45, 7) is 0. The second kappa shape index (κ2) is 3.66. The van der Waals surface area contributed by atoms with Gasteiger partial charge in [0.05, 0.1) is 11.8 Å². The van der Waals surface area contributed by atoms with E-state index < -0.39 is 0 Å². The molecule has 1 aliphatic heterocycles. The zero-order chi connectivity index (χ0) is 12.0. The molecule has 88 valence electrons. The lowest BCUT2D eigenvalue weighted by Crippen LogP contribution is -2.40. The van der Waals surface area contributed by atoms with Crippen molar-refractivity contribution in [2.45, 2.75) is 12.8 Å². The van der Waals surface area contributed by atoms with Crippen molar-refractivity contribution in [1.29, 1.82) is 0 Å². The molecule has 1 aromatic rings. The third-order valence-corrected chi connectivity index (χ3v) is 3.49. The first-order chi connectivity index (χ1) is 8.18. The first-order valence-corrected chi connectivity index (χ1v) is 5.63.